The van der Waals surface area contributed by atoms with E-state index in [-0.39, 0.29) is 11.6 Å². The molecule has 0 aliphatic carbocycles. The number of carbonyl (C=O) groups excluding carboxylic acids is 1. The summed E-state index contributed by atoms with van der Waals surface area (Å²) >= 11 is 1.30. The number of nitrogens with one attached hydrogen (secondary N) is 1. The highest BCUT2D eigenvalue weighted by Crippen LogP contribution is 2.22. The molecule has 0 saturated heterocycles. The van der Waals surface area contributed by atoms with Crippen molar-refractivity contribution < 1.29 is 4.79 Å². The molecule has 1 N–H and O–H groups in total. The first-order valence-electron chi connectivity index (χ1n) is 3.28. The molecule has 0 saturated carbocycles. The van der Waals surface area contributed by atoms with E-state index >= 15 is 0 Å². The molecule has 0 radical (unpaired) electrons. The summed E-state index contributed by atoms with van der Waals surface area (Å²) in [6.07, 6.45) is 0. The quantitative estimate of drug-likeness (QED) is 0.709. The van der Waals surface area contributed by atoms with Crippen LogP contribution in [-0.4, -0.2) is 10.9 Å². The Morgan fingerprint density at radius 1 is 1.75 bits per heavy atom. The summed E-state index contributed by atoms with van der Waals surface area (Å²) in [7, 11) is 0. The zero-order chi connectivity index (χ0) is 9.14. The maximum atomic E-state index is 10.6. The highest BCUT2D eigenvalue weighted by atomic mass is 32.1. The van der Waals surface area contributed by atoms with Gasteiger partial charge in [-0.25, -0.2) is 4.98 Å². The zero-order valence-corrected chi connectivity index (χ0v) is 7.53. The van der Waals surface area contributed by atoms with Crippen LogP contribution < -0.4 is 5.32 Å². The molecule has 0 aliphatic heterocycles. The fourth-order valence-electron chi connectivity index (χ4n) is 0.747. The Hall–Kier alpha value is -1.41. The van der Waals surface area contributed by atoms with Gasteiger partial charge in [0.15, 0.2) is 5.69 Å². The van der Waals surface area contributed by atoms with Gasteiger partial charge in [0.25, 0.3) is 0 Å². The lowest BCUT2D eigenvalue weighted by molar-refractivity contribution is -0.114. The molecule has 5 heteroatoms. The number of aryl methyl sites for hydroxylation is 1. The fraction of sp³-hybridized carbons (Fsp3) is 0.286. The van der Waals surface area contributed by atoms with Crippen LogP contribution in [0.5, 0.6) is 0 Å². The van der Waals surface area contributed by atoms with Gasteiger partial charge in [-0.15, -0.1) is 11.3 Å². The van der Waals surface area contributed by atoms with E-state index in [4.69, 9.17) is 5.26 Å². The summed E-state index contributed by atoms with van der Waals surface area (Å²) in [4.78, 5) is 14.6. The number of anilines is 1. The first-order valence-corrected chi connectivity index (χ1v) is 4.10. The molecule has 1 amide bonds. The summed E-state index contributed by atoms with van der Waals surface area (Å²) in [5, 5.41) is 12.4. The topological polar surface area (TPSA) is 65.8 Å². The monoisotopic (exact) mass is 181 g/mol. The van der Waals surface area contributed by atoms with E-state index < -0.39 is 0 Å². The van der Waals surface area contributed by atoms with Crippen LogP contribution in [0, 0.1) is 18.3 Å². The molecule has 1 aromatic heterocycles. The second kappa shape index (κ2) is 3.32. The van der Waals surface area contributed by atoms with Gasteiger partial charge in [0.2, 0.25) is 5.91 Å². The molecular weight excluding hydrogens is 174 g/mol. The fourth-order valence-corrected chi connectivity index (χ4v) is 1.56. The summed E-state index contributed by atoms with van der Waals surface area (Å²) in [6.45, 7) is 3.19. The van der Waals surface area contributed by atoms with Crippen molar-refractivity contribution in [1.82, 2.24) is 4.98 Å². The second-order valence-electron chi connectivity index (χ2n) is 2.20. The van der Waals surface area contributed by atoms with E-state index in [0.29, 0.717) is 5.00 Å². The van der Waals surface area contributed by atoms with Crippen LogP contribution in [0.25, 0.3) is 0 Å². The summed E-state index contributed by atoms with van der Waals surface area (Å²) in [6, 6.07) is 1.91. The van der Waals surface area contributed by atoms with Crippen LogP contribution in [0.2, 0.25) is 0 Å². The molecule has 0 spiro atoms. The lowest BCUT2D eigenvalue weighted by Gasteiger charge is -1.94. The Morgan fingerprint density at radius 2 is 2.42 bits per heavy atom. The van der Waals surface area contributed by atoms with Crippen LogP contribution in [-0.2, 0) is 4.79 Å². The van der Waals surface area contributed by atoms with Gasteiger partial charge in [-0.3, -0.25) is 4.79 Å². The standard InChI is InChI=1S/C7H7N3OS/c1-4(11)9-7-6(3-8)10-5(2)12-7/h1-2H3,(H,9,11). The number of carbonyl (C=O) groups is 1. The van der Waals surface area contributed by atoms with Crippen LogP contribution in [0.3, 0.4) is 0 Å². The maximum absolute atomic E-state index is 10.6. The average Bonchev–Trinajstić information content (AvgIpc) is 2.29. The third-order valence-electron chi connectivity index (χ3n) is 1.13. The lowest BCUT2D eigenvalue weighted by atomic mass is 10.5. The minimum atomic E-state index is -0.185. The van der Waals surface area contributed by atoms with Gasteiger partial charge in [-0.1, -0.05) is 0 Å². The van der Waals surface area contributed by atoms with Gasteiger partial charge in [0.05, 0.1) is 5.01 Å². The Kier molecular flexibility index (Phi) is 2.41. The van der Waals surface area contributed by atoms with E-state index in [1.165, 1.54) is 18.3 Å². The Bertz CT molecular complexity index is 350. The highest BCUT2D eigenvalue weighted by Gasteiger charge is 2.08. The van der Waals surface area contributed by atoms with Crippen molar-refractivity contribution in [2.24, 2.45) is 0 Å². The predicted octanol–water partition coefficient (Wildman–Crippen LogP) is 1.28. The van der Waals surface area contributed by atoms with Crippen molar-refractivity contribution in [3.63, 3.8) is 0 Å². The molecule has 0 fully saturated rings. The molecule has 62 valence electrons. The smallest absolute Gasteiger partial charge is 0.221 e. The molecule has 1 heterocycles. The SMILES string of the molecule is CC(=O)Nc1sc(C)nc1C#N. The number of nitriles is 1. The lowest BCUT2D eigenvalue weighted by Crippen LogP contribution is -2.05. The molecule has 4 nitrogen and oxygen atoms in total. The Balaban J connectivity index is 2.99. The summed E-state index contributed by atoms with van der Waals surface area (Å²) < 4.78 is 0. The first kappa shape index (κ1) is 8.68. The molecule has 0 atom stereocenters. The molecule has 12 heavy (non-hydrogen) atoms. The minimum absolute atomic E-state index is 0.185. The van der Waals surface area contributed by atoms with Crippen LogP contribution >= 0.6 is 11.3 Å². The molecule has 1 rings (SSSR count). The van der Waals surface area contributed by atoms with E-state index in [9.17, 15) is 4.79 Å². The normalized spacial score (nSPS) is 9.08. The van der Waals surface area contributed by atoms with Gasteiger partial charge in [0.1, 0.15) is 11.1 Å². The number of thiazole rings is 1. The third kappa shape index (κ3) is 1.80. The first-order chi connectivity index (χ1) is 5.63. The van der Waals surface area contributed by atoms with Crippen molar-refractivity contribution in [3.05, 3.63) is 10.7 Å². The Morgan fingerprint density at radius 3 is 2.92 bits per heavy atom. The third-order valence-corrected chi connectivity index (χ3v) is 2.02. The Labute approximate surface area is 73.9 Å². The average molecular weight is 181 g/mol. The van der Waals surface area contributed by atoms with E-state index in [2.05, 4.69) is 10.3 Å². The van der Waals surface area contributed by atoms with Gasteiger partial charge in [-0.2, -0.15) is 5.26 Å². The molecule has 0 aromatic carbocycles. The van der Waals surface area contributed by atoms with Crippen molar-refractivity contribution in [1.29, 1.82) is 5.26 Å². The van der Waals surface area contributed by atoms with E-state index in [1.54, 1.807) is 6.92 Å². The summed E-state index contributed by atoms with van der Waals surface area (Å²) in [5.41, 5.74) is 0.285. The minimum Gasteiger partial charge on any atom is -0.315 e. The van der Waals surface area contributed by atoms with Crippen LogP contribution in [0.15, 0.2) is 0 Å². The van der Waals surface area contributed by atoms with Crippen molar-refractivity contribution in [2.75, 3.05) is 5.32 Å². The van der Waals surface area contributed by atoms with Crippen molar-refractivity contribution in [3.8, 4) is 6.07 Å². The van der Waals surface area contributed by atoms with Crippen molar-refractivity contribution >= 4 is 22.2 Å². The second-order valence-corrected chi connectivity index (χ2v) is 3.41. The number of hydrogen-bond acceptors (Lipinski definition) is 4. The van der Waals surface area contributed by atoms with E-state index in [1.807, 2.05) is 6.07 Å². The number of hydrogen-bond donors (Lipinski definition) is 1. The van der Waals surface area contributed by atoms with Gasteiger partial charge in [0, 0.05) is 6.92 Å². The number of rotatable bonds is 1. The van der Waals surface area contributed by atoms with Crippen LogP contribution in [0.4, 0.5) is 5.00 Å². The van der Waals surface area contributed by atoms with Gasteiger partial charge in [-0.05, 0) is 6.92 Å². The molecule has 0 unspecified atom stereocenters. The molecular formula is C7H7N3OS. The van der Waals surface area contributed by atoms with Gasteiger partial charge < -0.3 is 5.32 Å². The molecule has 0 aliphatic rings. The molecule has 1 aromatic rings. The van der Waals surface area contributed by atoms with Gasteiger partial charge >= 0.3 is 0 Å². The van der Waals surface area contributed by atoms with E-state index in [0.717, 1.165) is 5.01 Å². The highest BCUT2D eigenvalue weighted by molar-refractivity contribution is 7.16. The number of nitrogens with zero attached hydrogens (tertiary/aromatic N) is 2. The number of amides is 1. The maximum Gasteiger partial charge on any atom is 0.221 e. The largest absolute Gasteiger partial charge is 0.315 e. The summed E-state index contributed by atoms with van der Waals surface area (Å²) in [5.74, 6) is -0.185. The van der Waals surface area contributed by atoms with Crippen molar-refractivity contribution in [2.45, 2.75) is 13.8 Å². The number of aromatic nitrogens is 1. The van der Waals surface area contributed by atoms with Crippen LogP contribution in [0.1, 0.15) is 17.6 Å². The zero-order valence-electron chi connectivity index (χ0n) is 6.71. The molecule has 0 bridgehead atoms. The predicted molar refractivity (Wildman–Crippen MR) is 45.9 cm³/mol.